The Morgan fingerprint density at radius 1 is 1.33 bits per heavy atom. The molecule has 0 aliphatic carbocycles. The maximum Gasteiger partial charge on any atom is 0.255 e. The molecule has 7 heteroatoms. The van der Waals surface area contributed by atoms with Gasteiger partial charge >= 0.3 is 0 Å². The molecule has 0 spiro atoms. The summed E-state index contributed by atoms with van der Waals surface area (Å²) in [7, 11) is 0. The first-order chi connectivity index (χ1) is 11.0. The fourth-order valence-corrected chi connectivity index (χ4v) is 2.84. The van der Waals surface area contributed by atoms with E-state index in [1.165, 1.54) is 0 Å². The van der Waals surface area contributed by atoms with Crippen molar-refractivity contribution in [2.75, 3.05) is 31.5 Å². The minimum atomic E-state index is -0.0909. The molecule has 24 heavy (non-hydrogen) atoms. The van der Waals surface area contributed by atoms with Crippen LogP contribution in [0.5, 0.6) is 0 Å². The van der Waals surface area contributed by atoms with Crippen LogP contribution in [0.1, 0.15) is 31.1 Å². The van der Waals surface area contributed by atoms with E-state index in [0.717, 1.165) is 13.1 Å². The van der Waals surface area contributed by atoms with Crippen molar-refractivity contribution in [3.05, 3.63) is 28.8 Å². The molecule has 2 amide bonds. The molecule has 1 saturated heterocycles. The van der Waals surface area contributed by atoms with Crippen LogP contribution in [0.25, 0.3) is 0 Å². The van der Waals surface area contributed by atoms with E-state index in [-0.39, 0.29) is 30.1 Å². The average Bonchev–Trinajstić information content (AvgIpc) is 2.46. The van der Waals surface area contributed by atoms with E-state index in [2.05, 4.69) is 10.6 Å². The van der Waals surface area contributed by atoms with E-state index in [1.807, 2.05) is 20.8 Å². The molecule has 1 fully saturated rings. The number of anilines is 1. The minimum Gasteiger partial charge on any atom is -0.339 e. The van der Waals surface area contributed by atoms with Gasteiger partial charge in [-0.2, -0.15) is 0 Å². The van der Waals surface area contributed by atoms with Gasteiger partial charge in [-0.05, 0) is 51.1 Å². The van der Waals surface area contributed by atoms with E-state index in [9.17, 15) is 9.59 Å². The van der Waals surface area contributed by atoms with Crippen LogP contribution in [-0.2, 0) is 4.79 Å². The summed E-state index contributed by atoms with van der Waals surface area (Å²) in [5.41, 5.74) is 1.08. The molecule has 2 rings (SSSR count). The summed E-state index contributed by atoms with van der Waals surface area (Å²) >= 11 is 6.24. The third kappa shape index (κ3) is 4.62. The zero-order chi connectivity index (χ0) is 17.0. The summed E-state index contributed by atoms with van der Waals surface area (Å²) in [6, 6.07) is 5.04. The second-order valence-corrected chi connectivity index (χ2v) is 6.28. The molecular formula is C17H25Cl2N3O2. The number of hydrogen-bond acceptors (Lipinski definition) is 3. The molecule has 0 bridgehead atoms. The van der Waals surface area contributed by atoms with Crippen LogP contribution in [0.15, 0.2) is 18.2 Å². The van der Waals surface area contributed by atoms with E-state index in [1.54, 1.807) is 23.1 Å². The molecule has 1 atom stereocenters. The molecule has 0 saturated carbocycles. The van der Waals surface area contributed by atoms with Crippen molar-refractivity contribution in [2.45, 2.75) is 20.8 Å². The molecule has 1 aromatic carbocycles. The van der Waals surface area contributed by atoms with Gasteiger partial charge in [0.05, 0.1) is 10.6 Å². The normalized spacial score (nSPS) is 15.0. The third-order valence-electron chi connectivity index (χ3n) is 4.45. The van der Waals surface area contributed by atoms with Crippen LogP contribution >= 0.6 is 24.0 Å². The highest BCUT2D eigenvalue weighted by atomic mass is 35.5. The Balaban J connectivity index is 0.00000288. The summed E-state index contributed by atoms with van der Waals surface area (Å²) in [6.45, 7) is 8.83. The van der Waals surface area contributed by atoms with Gasteiger partial charge in [-0.25, -0.2) is 0 Å². The minimum absolute atomic E-state index is 0. The van der Waals surface area contributed by atoms with Crippen molar-refractivity contribution in [3.8, 4) is 0 Å². The zero-order valence-corrected chi connectivity index (χ0v) is 15.8. The van der Waals surface area contributed by atoms with Crippen molar-refractivity contribution < 1.29 is 9.59 Å². The van der Waals surface area contributed by atoms with Gasteiger partial charge in [0, 0.05) is 24.7 Å². The third-order valence-corrected chi connectivity index (χ3v) is 4.76. The lowest BCUT2D eigenvalue weighted by Gasteiger charge is -2.31. The van der Waals surface area contributed by atoms with Crippen molar-refractivity contribution >= 4 is 41.5 Å². The summed E-state index contributed by atoms with van der Waals surface area (Å²) in [4.78, 5) is 26.3. The van der Waals surface area contributed by atoms with E-state index < -0.39 is 0 Å². The molecule has 0 aromatic heterocycles. The maximum atomic E-state index is 12.4. The first-order valence-electron chi connectivity index (χ1n) is 8.08. The Hall–Kier alpha value is -1.30. The van der Waals surface area contributed by atoms with Gasteiger partial charge in [0.15, 0.2) is 0 Å². The van der Waals surface area contributed by atoms with Crippen LogP contribution in [0.3, 0.4) is 0 Å². The molecule has 2 N–H and O–H groups in total. The Bertz CT molecular complexity index is 587. The average molecular weight is 374 g/mol. The molecule has 0 radical (unpaired) electrons. The van der Waals surface area contributed by atoms with Gasteiger partial charge in [-0.15, -0.1) is 12.4 Å². The number of hydrogen-bond donors (Lipinski definition) is 2. The fourth-order valence-electron chi connectivity index (χ4n) is 2.58. The van der Waals surface area contributed by atoms with Crippen molar-refractivity contribution in [3.63, 3.8) is 0 Å². The molecule has 1 unspecified atom stereocenters. The standard InChI is InChI=1S/C17H24ClN3O2.ClH/c1-4-21(5-2)17(23)14-7-6-13(8-15(14)18)20-16(22)11(3)12-9-19-10-12;/h6-8,11-12,19H,4-5,9-10H2,1-3H3,(H,20,22);1H. The summed E-state index contributed by atoms with van der Waals surface area (Å²) in [6.07, 6.45) is 0. The Morgan fingerprint density at radius 2 is 1.96 bits per heavy atom. The number of carbonyl (C=O) groups excluding carboxylic acids is 2. The van der Waals surface area contributed by atoms with Crippen molar-refractivity contribution in [1.29, 1.82) is 0 Å². The molecule has 1 aromatic rings. The largest absolute Gasteiger partial charge is 0.339 e. The van der Waals surface area contributed by atoms with Gasteiger partial charge in [-0.1, -0.05) is 18.5 Å². The number of halogens is 2. The number of rotatable bonds is 6. The second kappa shape index (κ2) is 9.25. The molecule has 134 valence electrons. The zero-order valence-electron chi connectivity index (χ0n) is 14.3. The van der Waals surface area contributed by atoms with Gasteiger partial charge in [0.1, 0.15) is 0 Å². The number of nitrogens with one attached hydrogen (secondary N) is 2. The number of nitrogens with zero attached hydrogens (tertiary/aromatic N) is 1. The smallest absolute Gasteiger partial charge is 0.255 e. The summed E-state index contributed by atoms with van der Waals surface area (Å²) in [5, 5.41) is 6.41. The SMILES string of the molecule is CCN(CC)C(=O)c1ccc(NC(=O)C(C)C2CNC2)cc1Cl.Cl. The van der Waals surface area contributed by atoms with Gasteiger partial charge in [0.25, 0.3) is 5.91 Å². The molecule has 1 heterocycles. The van der Waals surface area contributed by atoms with Crippen LogP contribution in [0, 0.1) is 11.8 Å². The van der Waals surface area contributed by atoms with Crippen LogP contribution < -0.4 is 10.6 Å². The first-order valence-corrected chi connectivity index (χ1v) is 8.46. The fraction of sp³-hybridized carbons (Fsp3) is 0.529. The topological polar surface area (TPSA) is 61.4 Å². The molecule has 5 nitrogen and oxygen atoms in total. The summed E-state index contributed by atoms with van der Waals surface area (Å²) in [5.74, 6) is 0.225. The van der Waals surface area contributed by atoms with Crippen LogP contribution in [-0.4, -0.2) is 42.9 Å². The lowest BCUT2D eigenvalue weighted by atomic mass is 9.88. The van der Waals surface area contributed by atoms with E-state index in [0.29, 0.717) is 35.3 Å². The highest BCUT2D eigenvalue weighted by Crippen LogP contribution is 2.24. The molecule has 1 aliphatic heterocycles. The Morgan fingerprint density at radius 3 is 2.42 bits per heavy atom. The molecular weight excluding hydrogens is 349 g/mol. The quantitative estimate of drug-likeness (QED) is 0.805. The van der Waals surface area contributed by atoms with Gasteiger partial charge in [0.2, 0.25) is 5.91 Å². The first kappa shape index (κ1) is 20.7. The Labute approximate surface area is 154 Å². The van der Waals surface area contributed by atoms with Crippen LogP contribution in [0.4, 0.5) is 5.69 Å². The maximum absolute atomic E-state index is 12.4. The predicted molar refractivity (Wildman–Crippen MR) is 100 cm³/mol. The highest BCUT2D eigenvalue weighted by Gasteiger charge is 2.28. The van der Waals surface area contributed by atoms with Crippen LogP contribution in [0.2, 0.25) is 5.02 Å². The number of benzene rings is 1. The lowest BCUT2D eigenvalue weighted by Crippen LogP contribution is -2.48. The monoisotopic (exact) mass is 373 g/mol. The van der Waals surface area contributed by atoms with Crippen molar-refractivity contribution in [2.24, 2.45) is 11.8 Å². The number of carbonyl (C=O) groups is 2. The van der Waals surface area contributed by atoms with Gasteiger partial charge in [-0.3, -0.25) is 9.59 Å². The highest BCUT2D eigenvalue weighted by molar-refractivity contribution is 6.34. The molecule has 1 aliphatic rings. The Kier molecular flexibility index (Phi) is 8.00. The summed E-state index contributed by atoms with van der Waals surface area (Å²) < 4.78 is 0. The van der Waals surface area contributed by atoms with E-state index in [4.69, 9.17) is 11.6 Å². The lowest BCUT2D eigenvalue weighted by molar-refractivity contribution is -0.121. The van der Waals surface area contributed by atoms with Crippen molar-refractivity contribution in [1.82, 2.24) is 10.2 Å². The number of amides is 2. The predicted octanol–water partition coefficient (Wildman–Crippen LogP) is 3.04. The van der Waals surface area contributed by atoms with Gasteiger partial charge < -0.3 is 15.5 Å². The van der Waals surface area contributed by atoms with E-state index >= 15 is 0 Å². The second-order valence-electron chi connectivity index (χ2n) is 5.87.